The summed E-state index contributed by atoms with van der Waals surface area (Å²) in [5.74, 6) is -3.01. The summed E-state index contributed by atoms with van der Waals surface area (Å²) in [7, 11) is 0. The molecule has 1 saturated heterocycles. The van der Waals surface area contributed by atoms with Gasteiger partial charge in [0.2, 0.25) is 5.91 Å². The third-order valence-corrected chi connectivity index (χ3v) is 5.75. The Morgan fingerprint density at radius 2 is 1.72 bits per heavy atom. The highest BCUT2D eigenvalue weighted by Gasteiger charge is 2.31. The molecule has 36 heavy (non-hydrogen) atoms. The van der Waals surface area contributed by atoms with Gasteiger partial charge in [0.1, 0.15) is 17.7 Å². The van der Waals surface area contributed by atoms with Crippen LogP contribution < -0.4 is 21.3 Å². The highest BCUT2D eigenvalue weighted by molar-refractivity contribution is 6.35. The number of carbonyl (C=O) groups excluding carboxylic acids is 4. The quantitative estimate of drug-likeness (QED) is 0.276. The van der Waals surface area contributed by atoms with Gasteiger partial charge in [-0.3, -0.25) is 19.7 Å². The lowest BCUT2D eigenvalue weighted by Crippen LogP contribution is -2.33. The Bertz CT molecular complexity index is 1410. The lowest BCUT2D eigenvalue weighted by atomic mass is 9.98. The van der Waals surface area contributed by atoms with Crippen molar-refractivity contribution in [2.24, 2.45) is 0 Å². The largest absolute Gasteiger partial charge is 0.353 e. The molecule has 4 N–H and O–H groups in total. The van der Waals surface area contributed by atoms with Gasteiger partial charge < -0.3 is 16.0 Å². The number of halogens is 3. The van der Waals surface area contributed by atoms with Crippen LogP contribution in [0.3, 0.4) is 0 Å². The van der Waals surface area contributed by atoms with E-state index in [9.17, 15) is 28.0 Å². The van der Waals surface area contributed by atoms with Crippen LogP contribution in [0.1, 0.15) is 27.9 Å². The number of hydrogen-bond acceptors (Lipinski definition) is 5. The van der Waals surface area contributed by atoms with E-state index < -0.39 is 41.3 Å². The van der Waals surface area contributed by atoms with Crippen LogP contribution in [0.15, 0.2) is 54.6 Å². The van der Waals surface area contributed by atoms with Crippen LogP contribution in [-0.4, -0.2) is 29.7 Å². The average molecular weight is 513 g/mol. The predicted octanol–water partition coefficient (Wildman–Crippen LogP) is 4.44. The molecule has 184 valence electrons. The number of nitrogens with one attached hydrogen (secondary N) is 4. The number of anilines is 3. The molecule has 1 heterocycles. The molecular formula is C25H19ClF2N4O4. The molecule has 0 aromatic heterocycles. The third kappa shape index (κ3) is 5.49. The lowest BCUT2D eigenvalue weighted by molar-refractivity contribution is -0.124. The topological polar surface area (TPSA) is 116 Å². The van der Waals surface area contributed by atoms with Crippen molar-refractivity contribution in [1.29, 1.82) is 0 Å². The molecule has 11 heteroatoms. The number of hydrogen-bond donors (Lipinski definition) is 4. The van der Waals surface area contributed by atoms with Gasteiger partial charge in [0.05, 0.1) is 17.1 Å². The first-order chi connectivity index (χ1) is 17.1. The highest BCUT2D eigenvalue weighted by atomic mass is 35.5. The van der Waals surface area contributed by atoms with Crippen molar-refractivity contribution in [3.63, 3.8) is 0 Å². The summed E-state index contributed by atoms with van der Waals surface area (Å²) in [5, 5.41) is 9.89. The van der Waals surface area contributed by atoms with E-state index >= 15 is 0 Å². The second-order valence-corrected chi connectivity index (χ2v) is 8.48. The molecular weight excluding hydrogens is 494 g/mol. The summed E-state index contributed by atoms with van der Waals surface area (Å²) >= 11 is 6.35. The maximum atomic E-state index is 13.9. The Hall–Kier alpha value is -4.31. The molecule has 1 fully saturated rings. The van der Waals surface area contributed by atoms with Gasteiger partial charge in [-0.1, -0.05) is 17.7 Å². The molecule has 3 aromatic rings. The van der Waals surface area contributed by atoms with Gasteiger partial charge in [0, 0.05) is 28.6 Å². The summed E-state index contributed by atoms with van der Waals surface area (Å²) in [4.78, 5) is 48.4. The zero-order valence-corrected chi connectivity index (χ0v) is 19.5. The molecule has 0 saturated carbocycles. The summed E-state index contributed by atoms with van der Waals surface area (Å²) in [5.41, 5.74) is 1.85. The van der Waals surface area contributed by atoms with Crippen molar-refractivity contribution in [2.45, 2.75) is 19.4 Å². The first-order valence-corrected chi connectivity index (χ1v) is 11.1. The van der Waals surface area contributed by atoms with Crippen molar-refractivity contribution in [1.82, 2.24) is 10.6 Å². The first kappa shape index (κ1) is 24.8. The minimum atomic E-state index is -0.974. The number of benzene rings is 3. The Labute approximate surface area is 209 Å². The fourth-order valence-electron chi connectivity index (χ4n) is 3.61. The minimum Gasteiger partial charge on any atom is -0.353 e. The van der Waals surface area contributed by atoms with E-state index in [4.69, 9.17) is 11.6 Å². The van der Waals surface area contributed by atoms with Crippen LogP contribution >= 0.6 is 11.6 Å². The highest BCUT2D eigenvalue weighted by Crippen LogP contribution is 2.28. The van der Waals surface area contributed by atoms with Gasteiger partial charge in [0.15, 0.2) is 5.78 Å². The number of rotatable bonds is 7. The molecule has 1 unspecified atom stereocenters. The number of imide groups is 1. The zero-order valence-electron chi connectivity index (χ0n) is 18.7. The zero-order chi connectivity index (χ0) is 26.0. The number of amides is 4. The number of ketones is 1. The van der Waals surface area contributed by atoms with E-state index in [0.717, 1.165) is 12.1 Å². The van der Waals surface area contributed by atoms with Gasteiger partial charge in [-0.15, -0.1) is 0 Å². The summed E-state index contributed by atoms with van der Waals surface area (Å²) in [6, 6.07) is 10.6. The van der Waals surface area contributed by atoms with E-state index in [1.165, 1.54) is 30.3 Å². The van der Waals surface area contributed by atoms with Gasteiger partial charge in [0.25, 0.3) is 5.91 Å². The second kappa shape index (κ2) is 10.1. The monoisotopic (exact) mass is 512 g/mol. The standard InChI is InChI=1S/C25H19ClF2N4O4/c1-12-2-4-14(30-22(33)11-21-24(35)32-25(36)31-21)9-17(12)23(34)16-6-5-15(10-18(16)26)29-20-7-3-13(27)8-19(20)28/h2-10,21,29H,11H2,1H3,(H,30,33)(H2,31,32,35,36). The van der Waals surface area contributed by atoms with Gasteiger partial charge in [-0.2, -0.15) is 0 Å². The molecule has 4 amide bonds. The number of urea groups is 1. The molecule has 0 bridgehead atoms. The summed E-state index contributed by atoms with van der Waals surface area (Å²) in [6.07, 6.45) is -0.274. The first-order valence-electron chi connectivity index (χ1n) is 10.7. The lowest BCUT2D eigenvalue weighted by Gasteiger charge is -2.13. The van der Waals surface area contributed by atoms with Crippen molar-refractivity contribution in [3.8, 4) is 0 Å². The Balaban J connectivity index is 1.49. The van der Waals surface area contributed by atoms with Crippen LogP contribution in [0.5, 0.6) is 0 Å². The summed E-state index contributed by atoms with van der Waals surface area (Å²) in [6.45, 7) is 1.72. The van der Waals surface area contributed by atoms with E-state index in [1.54, 1.807) is 19.1 Å². The predicted molar refractivity (Wildman–Crippen MR) is 129 cm³/mol. The molecule has 1 atom stereocenters. The maximum Gasteiger partial charge on any atom is 0.322 e. The second-order valence-electron chi connectivity index (χ2n) is 8.07. The Morgan fingerprint density at radius 1 is 0.972 bits per heavy atom. The van der Waals surface area contributed by atoms with Crippen LogP contribution in [0.4, 0.5) is 30.6 Å². The van der Waals surface area contributed by atoms with Crippen molar-refractivity contribution in [2.75, 3.05) is 10.6 Å². The fourth-order valence-corrected chi connectivity index (χ4v) is 3.88. The van der Waals surface area contributed by atoms with Crippen LogP contribution in [0, 0.1) is 18.6 Å². The molecule has 1 aliphatic rings. The Morgan fingerprint density at radius 3 is 2.39 bits per heavy atom. The average Bonchev–Trinajstić information content (AvgIpc) is 3.13. The molecule has 0 aliphatic carbocycles. The van der Waals surface area contributed by atoms with E-state index in [0.29, 0.717) is 16.9 Å². The van der Waals surface area contributed by atoms with E-state index in [1.807, 2.05) is 5.32 Å². The molecule has 0 radical (unpaired) electrons. The third-order valence-electron chi connectivity index (χ3n) is 5.44. The van der Waals surface area contributed by atoms with Crippen LogP contribution in [-0.2, 0) is 9.59 Å². The number of aryl methyl sites for hydroxylation is 1. The van der Waals surface area contributed by atoms with Crippen molar-refractivity contribution < 1.29 is 28.0 Å². The number of carbonyl (C=O) groups is 4. The van der Waals surface area contributed by atoms with Gasteiger partial charge in [-0.05, 0) is 55.0 Å². The molecule has 0 spiro atoms. The van der Waals surface area contributed by atoms with Gasteiger partial charge >= 0.3 is 6.03 Å². The van der Waals surface area contributed by atoms with Crippen LogP contribution in [0.2, 0.25) is 5.02 Å². The minimum absolute atomic E-state index is 0.0421. The maximum absolute atomic E-state index is 13.9. The normalized spacial score (nSPS) is 14.7. The molecule has 3 aromatic carbocycles. The summed E-state index contributed by atoms with van der Waals surface area (Å²) < 4.78 is 27.1. The SMILES string of the molecule is Cc1ccc(NC(=O)CC2NC(=O)NC2=O)cc1C(=O)c1ccc(Nc2ccc(F)cc2F)cc1Cl. The van der Waals surface area contributed by atoms with Crippen molar-refractivity contribution >= 4 is 52.3 Å². The smallest absolute Gasteiger partial charge is 0.322 e. The van der Waals surface area contributed by atoms with Crippen LogP contribution in [0.25, 0.3) is 0 Å². The van der Waals surface area contributed by atoms with Gasteiger partial charge in [-0.25, -0.2) is 13.6 Å². The molecule has 4 rings (SSSR count). The fraction of sp³-hybridized carbons (Fsp3) is 0.120. The Kier molecular flexibility index (Phi) is 6.98. The van der Waals surface area contributed by atoms with E-state index in [2.05, 4.69) is 16.0 Å². The van der Waals surface area contributed by atoms with Crippen molar-refractivity contribution in [3.05, 3.63) is 87.9 Å². The molecule has 1 aliphatic heterocycles. The van der Waals surface area contributed by atoms with E-state index in [-0.39, 0.29) is 28.3 Å². The molecule has 8 nitrogen and oxygen atoms in total.